The molecule has 1 fully saturated rings. The summed E-state index contributed by atoms with van der Waals surface area (Å²) in [7, 11) is -4.19. The predicted octanol–water partition coefficient (Wildman–Crippen LogP) is 4.03. The lowest BCUT2D eigenvalue weighted by atomic mass is 10.2. The Morgan fingerprint density at radius 2 is 1.95 bits per heavy atom. The molecule has 13 heteroatoms. The van der Waals surface area contributed by atoms with Crippen molar-refractivity contribution in [3.05, 3.63) is 69.4 Å². The van der Waals surface area contributed by atoms with Gasteiger partial charge in [-0.3, -0.25) is 14.9 Å². The van der Waals surface area contributed by atoms with Crippen LogP contribution in [-0.2, 0) is 14.8 Å². The Balaban J connectivity index is 1.77. The second kappa shape index (κ2) is 12.1. The van der Waals surface area contributed by atoms with Crippen LogP contribution in [0.4, 0.5) is 5.69 Å². The zero-order chi connectivity index (χ0) is 29.0. The van der Waals surface area contributed by atoms with Crippen molar-refractivity contribution in [2.24, 2.45) is 5.92 Å². The van der Waals surface area contributed by atoms with Gasteiger partial charge in [-0.15, -0.1) is 0 Å². The van der Waals surface area contributed by atoms with Crippen LogP contribution >= 0.6 is 0 Å². The number of aromatic nitrogens is 2. The highest BCUT2D eigenvalue weighted by atomic mass is 32.2. The lowest BCUT2D eigenvalue weighted by Crippen LogP contribution is -2.32. The summed E-state index contributed by atoms with van der Waals surface area (Å²) in [6.07, 6.45) is 1.73. The molecule has 1 aliphatic heterocycles. The summed E-state index contributed by atoms with van der Waals surface area (Å²) >= 11 is 0. The first kappa shape index (κ1) is 29.2. The highest BCUT2D eigenvalue weighted by Crippen LogP contribution is 2.35. The van der Waals surface area contributed by atoms with Crippen molar-refractivity contribution in [1.82, 2.24) is 19.8 Å². The normalized spacial score (nSPS) is 15.4. The molecule has 1 unspecified atom stereocenters. The molecule has 1 aliphatic rings. The summed E-state index contributed by atoms with van der Waals surface area (Å²) in [5.41, 5.74) is 1.63. The molecule has 0 spiro atoms. The molecule has 2 N–H and O–H groups in total. The summed E-state index contributed by atoms with van der Waals surface area (Å²) in [4.78, 5) is 23.5. The SMILES string of the molecule is Cc1ccc(-n2nc(C(=O)NCC3CCCO3)c(C)c2Oc2ccc([N+](=O)[O-])cc2S(=O)(=O)NCC(C)C)cc1. The molecule has 0 saturated carbocycles. The number of carbonyl (C=O) groups is 1. The minimum Gasteiger partial charge on any atom is -0.437 e. The van der Waals surface area contributed by atoms with E-state index in [1.54, 1.807) is 19.1 Å². The van der Waals surface area contributed by atoms with Gasteiger partial charge in [0.05, 0.1) is 16.7 Å². The third kappa shape index (κ3) is 6.66. The number of nitro groups is 1. The average Bonchev–Trinajstić information content (AvgIpc) is 3.55. The van der Waals surface area contributed by atoms with Crippen molar-refractivity contribution in [1.29, 1.82) is 0 Å². The summed E-state index contributed by atoms with van der Waals surface area (Å²) in [5, 5.41) is 18.8. The van der Waals surface area contributed by atoms with Gasteiger partial charge in [0.1, 0.15) is 10.6 Å². The van der Waals surface area contributed by atoms with Crippen LogP contribution in [0.2, 0.25) is 0 Å². The van der Waals surface area contributed by atoms with Gasteiger partial charge in [0, 0.05) is 37.4 Å². The monoisotopic (exact) mass is 571 g/mol. The number of aryl methyl sites for hydroxylation is 1. The first-order chi connectivity index (χ1) is 19.0. The van der Waals surface area contributed by atoms with Gasteiger partial charge in [0.2, 0.25) is 15.9 Å². The number of nitrogens with one attached hydrogen (secondary N) is 2. The number of nitro benzene ring substituents is 1. The van der Waals surface area contributed by atoms with Crippen LogP contribution < -0.4 is 14.8 Å². The number of amides is 1. The van der Waals surface area contributed by atoms with Crippen molar-refractivity contribution >= 4 is 21.6 Å². The predicted molar refractivity (Wildman–Crippen MR) is 148 cm³/mol. The van der Waals surface area contributed by atoms with Gasteiger partial charge in [-0.2, -0.15) is 9.78 Å². The van der Waals surface area contributed by atoms with Gasteiger partial charge in [0.15, 0.2) is 5.69 Å². The summed E-state index contributed by atoms with van der Waals surface area (Å²) < 4.78 is 42.0. The number of nitrogens with zero attached hydrogens (tertiary/aromatic N) is 3. The number of sulfonamides is 1. The zero-order valence-electron chi connectivity index (χ0n) is 22.8. The highest BCUT2D eigenvalue weighted by molar-refractivity contribution is 7.89. The van der Waals surface area contributed by atoms with Crippen LogP contribution in [0.25, 0.3) is 5.69 Å². The Labute approximate surface area is 232 Å². The molecule has 2 aromatic carbocycles. The van der Waals surface area contributed by atoms with Gasteiger partial charge in [0.25, 0.3) is 11.6 Å². The lowest BCUT2D eigenvalue weighted by Gasteiger charge is -2.15. The van der Waals surface area contributed by atoms with E-state index in [1.807, 2.05) is 32.9 Å². The molecule has 1 atom stereocenters. The molecule has 40 heavy (non-hydrogen) atoms. The van der Waals surface area contributed by atoms with E-state index >= 15 is 0 Å². The molecule has 4 rings (SSSR count). The Morgan fingerprint density at radius 1 is 1.23 bits per heavy atom. The third-order valence-corrected chi connectivity index (χ3v) is 7.84. The first-order valence-corrected chi connectivity index (χ1v) is 14.5. The number of benzene rings is 2. The summed E-state index contributed by atoms with van der Waals surface area (Å²) in [6, 6.07) is 10.7. The highest BCUT2D eigenvalue weighted by Gasteiger charge is 2.28. The molecule has 3 aromatic rings. The molecular formula is C27H33N5O7S. The number of non-ortho nitro benzene ring substituents is 1. The van der Waals surface area contributed by atoms with E-state index in [1.165, 1.54) is 10.7 Å². The number of carbonyl (C=O) groups excluding carboxylic acids is 1. The van der Waals surface area contributed by atoms with E-state index in [9.17, 15) is 23.3 Å². The molecule has 1 aromatic heterocycles. The fourth-order valence-corrected chi connectivity index (χ4v) is 5.49. The molecular weight excluding hydrogens is 538 g/mol. The fraction of sp³-hybridized carbons (Fsp3) is 0.407. The first-order valence-electron chi connectivity index (χ1n) is 13.0. The van der Waals surface area contributed by atoms with E-state index in [0.29, 0.717) is 24.4 Å². The zero-order valence-corrected chi connectivity index (χ0v) is 23.7. The smallest absolute Gasteiger partial charge is 0.272 e. The van der Waals surface area contributed by atoms with Crippen molar-refractivity contribution in [3.8, 4) is 17.3 Å². The Hall–Kier alpha value is -3.81. The molecule has 12 nitrogen and oxygen atoms in total. The van der Waals surface area contributed by atoms with E-state index in [-0.39, 0.29) is 35.9 Å². The van der Waals surface area contributed by atoms with E-state index in [4.69, 9.17) is 9.47 Å². The second-order valence-electron chi connectivity index (χ2n) is 10.1. The van der Waals surface area contributed by atoms with Crippen LogP contribution in [0, 0.1) is 29.9 Å². The standard InChI is InChI=1S/C27H33N5O7S/c1-17(2)15-29-40(36,37)24-14-21(32(34)35)11-12-23(24)39-27-19(4)25(26(33)28-16-22-6-5-13-38-22)30-31(27)20-9-7-18(3)8-10-20/h7-12,14,17,22,29H,5-6,13,15-16H2,1-4H3,(H,28,33). The molecule has 214 valence electrons. The van der Waals surface area contributed by atoms with Gasteiger partial charge >= 0.3 is 0 Å². The van der Waals surface area contributed by atoms with Crippen molar-refractivity contribution in [2.75, 3.05) is 19.7 Å². The molecule has 0 aliphatic carbocycles. The molecule has 0 bridgehead atoms. The number of ether oxygens (including phenoxy) is 2. The fourth-order valence-electron chi connectivity index (χ4n) is 4.14. The van der Waals surface area contributed by atoms with Crippen LogP contribution in [-0.4, -0.2) is 54.8 Å². The quantitative estimate of drug-likeness (QED) is 0.258. The largest absolute Gasteiger partial charge is 0.437 e. The van der Waals surface area contributed by atoms with Crippen LogP contribution in [0.1, 0.15) is 48.3 Å². The van der Waals surface area contributed by atoms with Crippen molar-refractivity contribution in [2.45, 2.75) is 51.5 Å². The minimum atomic E-state index is -4.19. The summed E-state index contributed by atoms with van der Waals surface area (Å²) in [5.74, 6) is -0.484. The Morgan fingerprint density at radius 3 is 2.58 bits per heavy atom. The number of hydrogen-bond donors (Lipinski definition) is 2. The topological polar surface area (TPSA) is 155 Å². The third-order valence-electron chi connectivity index (χ3n) is 6.39. The maximum absolute atomic E-state index is 13.2. The molecule has 1 saturated heterocycles. The Kier molecular flexibility index (Phi) is 8.86. The molecule has 2 heterocycles. The minimum absolute atomic E-state index is 0.00115. The summed E-state index contributed by atoms with van der Waals surface area (Å²) in [6.45, 7) is 8.36. The van der Waals surface area contributed by atoms with E-state index in [2.05, 4.69) is 15.1 Å². The molecule has 1 amide bonds. The molecule has 0 radical (unpaired) electrons. The van der Waals surface area contributed by atoms with E-state index in [0.717, 1.165) is 30.5 Å². The van der Waals surface area contributed by atoms with Crippen LogP contribution in [0.5, 0.6) is 11.6 Å². The van der Waals surface area contributed by atoms with Crippen molar-refractivity contribution in [3.63, 3.8) is 0 Å². The lowest BCUT2D eigenvalue weighted by molar-refractivity contribution is -0.385. The second-order valence-corrected chi connectivity index (χ2v) is 11.8. The van der Waals surface area contributed by atoms with Gasteiger partial charge in [-0.1, -0.05) is 31.5 Å². The number of rotatable bonds is 11. The maximum atomic E-state index is 13.2. The maximum Gasteiger partial charge on any atom is 0.272 e. The van der Waals surface area contributed by atoms with Crippen LogP contribution in [0.15, 0.2) is 47.4 Å². The Bertz CT molecular complexity index is 1490. The van der Waals surface area contributed by atoms with Crippen molar-refractivity contribution < 1.29 is 27.6 Å². The van der Waals surface area contributed by atoms with E-state index < -0.39 is 31.4 Å². The van der Waals surface area contributed by atoms with Crippen LogP contribution in [0.3, 0.4) is 0 Å². The van der Waals surface area contributed by atoms with Gasteiger partial charge in [-0.05, 0) is 50.8 Å². The average molecular weight is 572 g/mol. The van der Waals surface area contributed by atoms with Gasteiger partial charge in [-0.25, -0.2) is 13.1 Å². The number of hydrogen-bond acceptors (Lipinski definition) is 8. The van der Waals surface area contributed by atoms with Gasteiger partial charge < -0.3 is 14.8 Å².